The highest BCUT2D eigenvalue weighted by atomic mass is 19.1. The van der Waals surface area contributed by atoms with E-state index in [9.17, 15) is 9.18 Å². The maximum Gasteiger partial charge on any atom is 0.254 e. The molecule has 0 saturated heterocycles. The number of hydrogen-bond donors (Lipinski definition) is 0. The molecule has 0 aromatic heterocycles. The Morgan fingerprint density at radius 1 is 1.10 bits per heavy atom. The monoisotopic (exact) mass is 271 g/mol. The van der Waals surface area contributed by atoms with Crippen LogP contribution in [0.3, 0.4) is 0 Å². The van der Waals surface area contributed by atoms with Gasteiger partial charge in [-0.1, -0.05) is 29.8 Å². The number of halogens is 1. The molecule has 1 amide bonds. The molecule has 0 N–H and O–H groups in total. The van der Waals surface area contributed by atoms with Gasteiger partial charge in [0, 0.05) is 19.2 Å². The number of carbonyl (C=O) groups excluding carboxylic acids is 1. The van der Waals surface area contributed by atoms with Gasteiger partial charge >= 0.3 is 0 Å². The molecule has 0 fully saturated rings. The first kappa shape index (κ1) is 14.3. The van der Waals surface area contributed by atoms with Crippen molar-refractivity contribution in [3.05, 3.63) is 70.5 Å². The van der Waals surface area contributed by atoms with Gasteiger partial charge in [0.2, 0.25) is 0 Å². The van der Waals surface area contributed by atoms with Gasteiger partial charge in [-0.3, -0.25) is 4.79 Å². The summed E-state index contributed by atoms with van der Waals surface area (Å²) >= 11 is 0. The molecule has 0 bridgehead atoms. The predicted molar refractivity (Wildman–Crippen MR) is 78.1 cm³/mol. The van der Waals surface area contributed by atoms with Gasteiger partial charge < -0.3 is 4.90 Å². The Balaban J connectivity index is 2.14. The summed E-state index contributed by atoms with van der Waals surface area (Å²) in [7, 11) is 1.75. The fourth-order valence-corrected chi connectivity index (χ4v) is 2.11. The molecule has 0 heterocycles. The van der Waals surface area contributed by atoms with Crippen LogP contribution >= 0.6 is 0 Å². The van der Waals surface area contributed by atoms with Crippen molar-refractivity contribution in [2.45, 2.75) is 20.4 Å². The zero-order chi connectivity index (χ0) is 14.7. The average Bonchev–Trinajstić information content (AvgIpc) is 2.40. The summed E-state index contributed by atoms with van der Waals surface area (Å²) in [5.74, 6) is -0.414. The van der Waals surface area contributed by atoms with Crippen LogP contribution in [-0.4, -0.2) is 17.9 Å². The predicted octanol–water partition coefficient (Wildman–Crippen LogP) is 3.71. The van der Waals surface area contributed by atoms with Crippen LogP contribution in [-0.2, 0) is 6.54 Å². The van der Waals surface area contributed by atoms with Crippen molar-refractivity contribution in [2.24, 2.45) is 0 Å². The van der Waals surface area contributed by atoms with Gasteiger partial charge in [0.05, 0.1) is 0 Å². The molecule has 2 aromatic rings. The van der Waals surface area contributed by atoms with Crippen molar-refractivity contribution < 1.29 is 9.18 Å². The summed E-state index contributed by atoms with van der Waals surface area (Å²) in [4.78, 5) is 14.0. The zero-order valence-corrected chi connectivity index (χ0v) is 12.0. The fraction of sp³-hybridized carbons (Fsp3) is 0.235. The van der Waals surface area contributed by atoms with Gasteiger partial charge in [-0.2, -0.15) is 0 Å². The number of benzene rings is 2. The third-order valence-electron chi connectivity index (χ3n) is 3.31. The maximum atomic E-state index is 13.1. The number of nitrogens with zero attached hydrogens (tertiary/aromatic N) is 1. The van der Waals surface area contributed by atoms with E-state index in [4.69, 9.17) is 0 Å². The number of rotatable bonds is 3. The van der Waals surface area contributed by atoms with E-state index in [0.29, 0.717) is 17.7 Å². The lowest BCUT2D eigenvalue weighted by Gasteiger charge is -2.18. The van der Waals surface area contributed by atoms with E-state index in [2.05, 4.69) is 0 Å². The average molecular weight is 271 g/mol. The Morgan fingerprint density at radius 3 is 2.35 bits per heavy atom. The standard InChI is InChI=1S/C17H18FNO/c1-12-4-6-14(7-5-12)11-19(3)17(20)16-9-8-15(18)10-13(16)2/h4-10H,11H2,1-3H3. The highest BCUT2D eigenvalue weighted by molar-refractivity contribution is 5.95. The summed E-state index contributed by atoms with van der Waals surface area (Å²) < 4.78 is 13.1. The second-order valence-corrected chi connectivity index (χ2v) is 5.11. The van der Waals surface area contributed by atoms with Crippen LogP contribution in [0.1, 0.15) is 27.0 Å². The molecule has 2 nitrogen and oxygen atoms in total. The van der Waals surface area contributed by atoms with Crippen LogP contribution in [0.5, 0.6) is 0 Å². The largest absolute Gasteiger partial charge is 0.337 e. The lowest BCUT2D eigenvalue weighted by Crippen LogP contribution is -2.26. The quantitative estimate of drug-likeness (QED) is 0.833. The van der Waals surface area contributed by atoms with E-state index in [-0.39, 0.29) is 11.7 Å². The smallest absolute Gasteiger partial charge is 0.254 e. The summed E-state index contributed by atoms with van der Waals surface area (Å²) in [6.45, 7) is 4.31. The van der Waals surface area contributed by atoms with E-state index >= 15 is 0 Å². The molecule has 0 radical (unpaired) electrons. The van der Waals surface area contributed by atoms with Crippen molar-refractivity contribution in [3.63, 3.8) is 0 Å². The molecular formula is C17H18FNO. The maximum absolute atomic E-state index is 13.1. The molecule has 0 aliphatic rings. The van der Waals surface area contributed by atoms with Gasteiger partial charge in [0.25, 0.3) is 5.91 Å². The molecule has 104 valence electrons. The molecule has 0 atom stereocenters. The van der Waals surface area contributed by atoms with Crippen molar-refractivity contribution in [3.8, 4) is 0 Å². The third-order valence-corrected chi connectivity index (χ3v) is 3.31. The molecule has 0 aliphatic heterocycles. The molecule has 0 aliphatic carbocycles. The number of aryl methyl sites for hydroxylation is 2. The first-order valence-electron chi connectivity index (χ1n) is 6.54. The van der Waals surface area contributed by atoms with Crippen molar-refractivity contribution >= 4 is 5.91 Å². The molecule has 3 heteroatoms. The Hall–Kier alpha value is -2.16. The Bertz CT molecular complexity index is 619. The first-order chi connectivity index (χ1) is 9.47. The number of amides is 1. The van der Waals surface area contributed by atoms with E-state index in [1.807, 2.05) is 31.2 Å². The van der Waals surface area contributed by atoms with Gasteiger partial charge in [-0.25, -0.2) is 4.39 Å². The van der Waals surface area contributed by atoms with Gasteiger partial charge in [0.1, 0.15) is 5.82 Å². The Morgan fingerprint density at radius 2 is 1.75 bits per heavy atom. The molecule has 2 rings (SSSR count). The fourth-order valence-electron chi connectivity index (χ4n) is 2.11. The first-order valence-corrected chi connectivity index (χ1v) is 6.54. The summed E-state index contributed by atoms with van der Waals surface area (Å²) in [5, 5.41) is 0. The number of carbonyl (C=O) groups is 1. The van der Waals surface area contributed by atoms with E-state index in [1.165, 1.54) is 17.7 Å². The molecule has 2 aromatic carbocycles. The van der Waals surface area contributed by atoms with Crippen LogP contribution in [0.25, 0.3) is 0 Å². The van der Waals surface area contributed by atoms with Crippen LogP contribution in [0, 0.1) is 19.7 Å². The summed E-state index contributed by atoms with van der Waals surface area (Å²) in [5.41, 5.74) is 3.47. The van der Waals surface area contributed by atoms with Crippen LogP contribution < -0.4 is 0 Å². The normalized spacial score (nSPS) is 10.4. The minimum atomic E-state index is -0.319. The molecule has 20 heavy (non-hydrogen) atoms. The lowest BCUT2D eigenvalue weighted by atomic mass is 10.1. The van der Waals surface area contributed by atoms with E-state index < -0.39 is 0 Å². The highest BCUT2D eigenvalue weighted by Crippen LogP contribution is 2.14. The highest BCUT2D eigenvalue weighted by Gasteiger charge is 2.14. The molecular weight excluding hydrogens is 253 g/mol. The summed E-state index contributed by atoms with van der Waals surface area (Å²) in [6, 6.07) is 12.3. The van der Waals surface area contributed by atoms with Gasteiger partial charge in [-0.15, -0.1) is 0 Å². The van der Waals surface area contributed by atoms with Crippen molar-refractivity contribution in [2.75, 3.05) is 7.05 Å². The van der Waals surface area contributed by atoms with Crippen LogP contribution in [0.4, 0.5) is 4.39 Å². The molecule has 0 saturated carbocycles. The minimum absolute atomic E-state index is 0.0944. The molecule has 0 spiro atoms. The van der Waals surface area contributed by atoms with Crippen molar-refractivity contribution in [1.82, 2.24) is 4.90 Å². The van der Waals surface area contributed by atoms with Gasteiger partial charge in [0.15, 0.2) is 0 Å². The van der Waals surface area contributed by atoms with Gasteiger partial charge in [-0.05, 0) is 43.2 Å². The van der Waals surface area contributed by atoms with Crippen LogP contribution in [0.15, 0.2) is 42.5 Å². The zero-order valence-electron chi connectivity index (χ0n) is 12.0. The van der Waals surface area contributed by atoms with E-state index in [0.717, 1.165) is 5.56 Å². The number of hydrogen-bond acceptors (Lipinski definition) is 1. The Labute approximate surface area is 118 Å². The second-order valence-electron chi connectivity index (χ2n) is 5.11. The van der Waals surface area contributed by atoms with E-state index in [1.54, 1.807) is 24.9 Å². The second kappa shape index (κ2) is 5.87. The topological polar surface area (TPSA) is 20.3 Å². The molecule has 0 unspecified atom stereocenters. The SMILES string of the molecule is Cc1ccc(CN(C)C(=O)c2ccc(F)cc2C)cc1. The summed E-state index contributed by atoms with van der Waals surface area (Å²) in [6.07, 6.45) is 0. The third kappa shape index (κ3) is 3.23. The Kier molecular flexibility index (Phi) is 4.18. The minimum Gasteiger partial charge on any atom is -0.337 e. The van der Waals surface area contributed by atoms with Crippen molar-refractivity contribution in [1.29, 1.82) is 0 Å². The van der Waals surface area contributed by atoms with Crippen LogP contribution in [0.2, 0.25) is 0 Å². The lowest BCUT2D eigenvalue weighted by molar-refractivity contribution is 0.0784.